The minimum absolute atomic E-state index is 0.230. The fourth-order valence-electron chi connectivity index (χ4n) is 6.31. The third-order valence-electron chi connectivity index (χ3n) is 9.11. The Kier molecular flexibility index (Phi) is 11.1. The van der Waals surface area contributed by atoms with Crippen LogP contribution in [0.15, 0.2) is 74.1 Å². The van der Waals surface area contributed by atoms with Gasteiger partial charge in [-0.3, -0.25) is 9.59 Å². The summed E-state index contributed by atoms with van der Waals surface area (Å²) in [6, 6.07) is 7.07. The van der Waals surface area contributed by atoms with Gasteiger partial charge in [0.25, 0.3) is 11.8 Å². The molecule has 0 unspecified atom stereocenters. The molecule has 8 rings (SSSR count). The highest BCUT2D eigenvalue weighted by Crippen LogP contribution is 2.27. The number of aromatic nitrogens is 10. The van der Waals surface area contributed by atoms with E-state index in [0.29, 0.717) is 73.9 Å². The van der Waals surface area contributed by atoms with E-state index in [9.17, 15) is 18.4 Å². The second-order valence-corrected chi connectivity index (χ2v) is 23.4. The molecular formula is C42H48F2N12O3Si. The van der Waals surface area contributed by atoms with Crippen LogP contribution in [0.2, 0.25) is 25.7 Å². The third-order valence-corrected chi connectivity index (χ3v) is 10.8. The van der Waals surface area contributed by atoms with Crippen LogP contribution < -0.4 is 10.6 Å². The van der Waals surface area contributed by atoms with Crippen LogP contribution in [-0.2, 0) is 11.5 Å². The van der Waals surface area contributed by atoms with Crippen molar-refractivity contribution in [1.82, 2.24) is 58.9 Å². The summed E-state index contributed by atoms with van der Waals surface area (Å²) < 4.78 is 37.9. The summed E-state index contributed by atoms with van der Waals surface area (Å²) in [6.45, 7) is 19.4. The average molecular weight is 835 g/mol. The van der Waals surface area contributed by atoms with Gasteiger partial charge in [0.1, 0.15) is 64.8 Å². The van der Waals surface area contributed by atoms with Crippen LogP contribution in [0.25, 0.3) is 56.1 Å². The van der Waals surface area contributed by atoms with Gasteiger partial charge < -0.3 is 33.7 Å². The first-order valence-corrected chi connectivity index (χ1v) is 23.1. The van der Waals surface area contributed by atoms with Crippen LogP contribution in [0.1, 0.15) is 62.3 Å². The minimum Gasteiger partial charge on any atom is -0.361 e. The molecular weight excluding hydrogens is 787 g/mol. The van der Waals surface area contributed by atoms with Gasteiger partial charge in [0, 0.05) is 50.5 Å². The number of H-pyrrole nitrogens is 1. The number of halogens is 2. The molecule has 8 aromatic heterocycles. The lowest BCUT2D eigenvalue weighted by Gasteiger charge is -2.20. The lowest BCUT2D eigenvalue weighted by Crippen LogP contribution is -2.40. The maximum Gasteiger partial charge on any atom is 0.255 e. The Labute approximate surface area is 345 Å². The summed E-state index contributed by atoms with van der Waals surface area (Å²) in [7, 11) is -1.21. The second-order valence-electron chi connectivity index (χ2n) is 17.8. The predicted octanol–water partition coefficient (Wildman–Crippen LogP) is 7.67. The topological polar surface area (TPSA) is 174 Å². The molecule has 312 valence electrons. The molecule has 2 amide bonds. The van der Waals surface area contributed by atoms with E-state index in [-0.39, 0.29) is 35.7 Å². The van der Waals surface area contributed by atoms with Gasteiger partial charge in [0.05, 0.1) is 34.6 Å². The predicted molar refractivity (Wildman–Crippen MR) is 228 cm³/mol. The minimum atomic E-state index is -1.21. The summed E-state index contributed by atoms with van der Waals surface area (Å²) >= 11 is 0. The normalized spacial score (nSPS) is 12.3. The lowest BCUT2D eigenvalue weighted by atomic mass is 10.1. The van der Waals surface area contributed by atoms with Crippen LogP contribution >= 0.6 is 0 Å². The highest BCUT2D eigenvalue weighted by atomic mass is 28.3. The fraction of sp³-hybridized carbons (Fsp3) is 0.333. The SMILES string of the molecule is CC(C)(C)NC(=O)c1c[nH]c2ncc(-c3ncn4cc(F)ccc34)nc12.CC(C)(C)NC(=O)c1cn(COCC[Si](C)(C)C)c2ncc(-c3ncn4cc(F)ccc34)nc12. The van der Waals surface area contributed by atoms with Crippen molar-refractivity contribution in [1.29, 1.82) is 0 Å². The summed E-state index contributed by atoms with van der Waals surface area (Å²) in [4.78, 5) is 55.6. The van der Waals surface area contributed by atoms with Crippen molar-refractivity contribution in [3.05, 3.63) is 96.9 Å². The number of fused-ring (bicyclic) bond motifs is 4. The van der Waals surface area contributed by atoms with Gasteiger partial charge >= 0.3 is 0 Å². The molecule has 8 heterocycles. The first-order chi connectivity index (χ1) is 28.2. The molecule has 0 atom stereocenters. The van der Waals surface area contributed by atoms with E-state index in [4.69, 9.17) is 9.72 Å². The molecule has 0 bridgehead atoms. The van der Waals surface area contributed by atoms with E-state index in [0.717, 1.165) is 6.04 Å². The van der Waals surface area contributed by atoms with Gasteiger partial charge in [0.2, 0.25) is 0 Å². The molecule has 0 aromatic carbocycles. The number of pyridine rings is 2. The number of hydrogen-bond donors (Lipinski definition) is 3. The van der Waals surface area contributed by atoms with Gasteiger partial charge in [-0.05, 0) is 71.9 Å². The molecule has 0 aliphatic rings. The van der Waals surface area contributed by atoms with Gasteiger partial charge in [0.15, 0.2) is 11.3 Å². The van der Waals surface area contributed by atoms with E-state index in [1.54, 1.807) is 45.7 Å². The first-order valence-electron chi connectivity index (χ1n) is 19.4. The summed E-state index contributed by atoms with van der Waals surface area (Å²) in [6.07, 6.45) is 12.3. The number of aromatic amines is 1. The smallest absolute Gasteiger partial charge is 0.255 e. The molecule has 0 saturated heterocycles. The number of imidazole rings is 2. The number of carbonyl (C=O) groups is 2. The molecule has 15 nitrogen and oxygen atoms in total. The van der Waals surface area contributed by atoms with E-state index in [1.807, 2.05) is 46.1 Å². The fourth-order valence-corrected chi connectivity index (χ4v) is 7.06. The number of ether oxygens (including phenoxy) is 1. The van der Waals surface area contributed by atoms with Gasteiger partial charge in [-0.2, -0.15) is 0 Å². The summed E-state index contributed by atoms with van der Waals surface area (Å²) in [5.74, 6) is -1.17. The molecule has 0 saturated carbocycles. The Morgan fingerprint density at radius 1 is 0.733 bits per heavy atom. The zero-order valence-electron chi connectivity index (χ0n) is 35.1. The molecule has 8 aromatic rings. The van der Waals surface area contributed by atoms with E-state index in [2.05, 4.69) is 60.2 Å². The number of carbonyl (C=O) groups excluding carboxylic acids is 2. The van der Waals surface area contributed by atoms with E-state index < -0.39 is 13.6 Å². The molecule has 0 fully saturated rings. The van der Waals surface area contributed by atoms with Crippen molar-refractivity contribution in [2.24, 2.45) is 0 Å². The maximum atomic E-state index is 13.6. The average Bonchev–Trinajstić information content (AvgIpc) is 3.95. The van der Waals surface area contributed by atoms with E-state index >= 15 is 0 Å². The number of nitrogens with zero attached hydrogens (tertiary/aromatic N) is 9. The van der Waals surface area contributed by atoms with Crippen molar-refractivity contribution in [2.45, 2.75) is 85.0 Å². The standard InChI is InChI=1S/C24H31FN6O2Si.C18H17FN6O/c1-24(2,3)29-23(32)17-13-31(15-33-9-10-34(4,5)6)22-20(17)28-18(11-26-22)21-19-8-7-16(25)12-30(19)14-27-21;1-18(2,3)24-17(26)11-6-20-16-14(11)23-12(7-21-16)15-13-5-4-10(19)8-25(13)9-22-15/h7-8,11-14H,9-10,15H2,1-6H3,(H,29,32);4-9H,1-3H3,(H,20,21)(H,24,26). The number of hydrogen-bond acceptors (Lipinski definition) is 9. The Balaban J connectivity index is 0.000000188. The molecule has 0 aliphatic carbocycles. The largest absolute Gasteiger partial charge is 0.361 e. The number of amides is 2. The van der Waals surface area contributed by atoms with Crippen LogP contribution in [0, 0.1) is 11.6 Å². The Morgan fingerprint density at radius 2 is 1.27 bits per heavy atom. The van der Waals surface area contributed by atoms with Crippen molar-refractivity contribution in [3.63, 3.8) is 0 Å². The maximum absolute atomic E-state index is 13.6. The molecule has 0 radical (unpaired) electrons. The number of rotatable bonds is 9. The van der Waals surface area contributed by atoms with Crippen molar-refractivity contribution in [3.8, 4) is 22.8 Å². The summed E-state index contributed by atoms with van der Waals surface area (Å²) in [5, 5.41) is 5.92. The van der Waals surface area contributed by atoms with Crippen molar-refractivity contribution >= 4 is 53.2 Å². The lowest BCUT2D eigenvalue weighted by molar-refractivity contribution is 0.0884. The highest BCUT2D eigenvalue weighted by molar-refractivity contribution is 6.76. The molecule has 3 N–H and O–H groups in total. The van der Waals surface area contributed by atoms with E-state index in [1.165, 1.54) is 37.2 Å². The van der Waals surface area contributed by atoms with Gasteiger partial charge in [-0.15, -0.1) is 0 Å². The van der Waals surface area contributed by atoms with Gasteiger partial charge in [-0.1, -0.05) is 19.6 Å². The summed E-state index contributed by atoms with van der Waals surface area (Å²) in [5.41, 5.74) is 5.63. The van der Waals surface area contributed by atoms with Crippen molar-refractivity contribution in [2.75, 3.05) is 6.61 Å². The first kappa shape index (κ1) is 41.7. The monoisotopic (exact) mass is 834 g/mol. The highest BCUT2D eigenvalue weighted by Gasteiger charge is 2.24. The molecule has 18 heteroatoms. The Bertz CT molecular complexity index is 2880. The molecule has 0 aliphatic heterocycles. The zero-order valence-corrected chi connectivity index (χ0v) is 36.1. The zero-order chi connectivity index (χ0) is 43.1. The van der Waals surface area contributed by atoms with Crippen LogP contribution in [0.3, 0.4) is 0 Å². The third kappa shape index (κ3) is 9.39. The number of nitrogens with one attached hydrogen (secondary N) is 3. The molecule has 60 heavy (non-hydrogen) atoms. The van der Waals surface area contributed by atoms with Gasteiger partial charge in [-0.25, -0.2) is 38.7 Å². The Morgan fingerprint density at radius 3 is 1.82 bits per heavy atom. The van der Waals surface area contributed by atoms with Crippen molar-refractivity contribution < 1.29 is 23.1 Å². The second kappa shape index (κ2) is 16.0. The van der Waals surface area contributed by atoms with Crippen LogP contribution in [0.5, 0.6) is 0 Å². The van der Waals surface area contributed by atoms with Crippen LogP contribution in [0.4, 0.5) is 8.78 Å². The molecule has 0 spiro atoms. The van der Waals surface area contributed by atoms with Crippen LogP contribution in [-0.4, -0.2) is 85.8 Å². The quantitative estimate of drug-likeness (QED) is 0.0974. The Hall–Kier alpha value is -6.40.